The molecular formula is C14H21BrN2O2. The van der Waals surface area contributed by atoms with E-state index in [2.05, 4.69) is 35.1 Å². The van der Waals surface area contributed by atoms with Gasteiger partial charge >= 0.3 is 0 Å². The molecule has 1 atom stereocenters. The third kappa shape index (κ3) is 4.91. The summed E-state index contributed by atoms with van der Waals surface area (Å²) >= 11 is 3.34. The van der Waals surface area contributed by atoms with Gasteiger partial charge in [-0.1, -0.05) is 26.0 Å². The van der Waals surface area contributed by atoms with Crippen molar-refractivity contribution < 1.29 is 4.92 Å². The average molecular weight is 329 g/mol. The highest BCUT2D eigenvalue weighted by atomic mass is 79.9. The van der Waals surface area contributed by atoms with Gasteiger partial charge in [0.1, 0.15) is 0 Å². The fraction of sp³-hybridized carbons (Fsp3) is 0.571. The number of halogens is 1. The molecule has 0 aliphatic heterocycles. The molecule has 0 saturated heterocycles. The van der Waals surface area contributed by atoms with Crippen molar-refractivity contribution in [3.05, 3.63) is 38.3 Å². The molecule has 0 amide bonds. The lowest BCUT2D eigenvalue weighted by atomic mass is 10.0. The van der Waals surface area contributed by atoms with Crippen molar-refractivity contribution in [2.75, 3.05) is 6.54 Å². The monoisotopic (exact) mass is 328 g/mol. The fourth-order valence-electron chi connectivity index (χ4n) is 2.03. The van der Waals surface area contributed by atoms with E-state index in [0.29, 0.717) is 10.5 Å². The van der Waals surface area contributed by atoms with E-state index in [9.17, 15) is 10.1 Å². The average Bonchev–Trinajstić information content (AvgIpc) is 2.40. The van der Waals surface area contributed by atoms with Crippen LogP contribution in [0.4, 0.5) is 5.69 Å². The number of benzene rings is 1. The van der Waals surface area contributed by atoms with Crippen molar-refractivity contribution in [2.24, 2.45) is 0 Å². The van der Waals surface area contributed by atoms with Crippen molar-refractivity contribution in [1.82, 2.24) is 5.32 Å². The van der Waals surface area contributed by atoms with Crippen molar-refractivity contribution in [1.29, 1.82) is 0 Å². The first-order valence-corrected chi connectivity index (χ1v) is 7.54. The maximum Gasteiger partial charge on any atom is 0.283 e. The standard InChI is InChI=1S/C14H21BrN2O2/c1-3-10-16-12(4-2)9-8-11-6-5-7-13(14(11)15)17(18)19/h5-7,12,16H,3-4,8-10H2,1-2H3. The molecule has 106 valence electrons. The number of hydrogen-bond acceptors (Lipinski definition) is 3. The molecule has 1 aromatic carbocycles. The van der Waals surface area contributed by atoms with Crippen molar-refractivity contribution in [3.63, 3.8) is 0 Å². The van der Waals surface area contributed by atoms with Gasteiger partial charge in [-0.25, -0.2) is 0 Å². The zero-order chi connectivity index (χ0) is 14.3. The van der Waals surface area contributed by atoms with Crippen LogP contribution in [0, 0.1) is 10.1 Å². The van der Waals surface area contributed by atoms with Crippen LogP contribution in [-0.4, -0.2) is 17.5 Å². The van der Waals surface area contributed by atoms with Gasteiger partial charge in [-0.15, -0.1) is 0 Å². The lowest BCUT2D eigenvalue weighted by Gasteiger charge is -2.16. The van der Waals surface area contributed by atoms with Gasteiger partial charge < -0.3 is 5.32 Å². The number of aryl methyl sites for hydroxylation is 1. The molecule has 0 aromatic heterocycles. The summed E-state index contributed by atoms with van der Waals surface area (Å²) in [6, 6.07) is 5.70. The number of nitro groups is 1. The highest BCUT2D eigenvalue weighted by Crippen LogP contribution is 2.29. The first-order valence-electron chi connectivity index (χ1n) is 6.75. The highest BCUT2D eigenvalue weighted by molar-refractivity contribution is 9.10. The number of nitrogens with zero attached hydrogens (tertiary/aromatic N) is 1. The summed E-state index contributed by atoms with van der Waals surface area (Å²) < 4.78 is 0.616. The van der Waals surface area contributed by atoms with E-state index in [1.807, 2.05) is 6.07 Å². The summed E-state index contributed by atoms with van der Waals surface area (Å²) in [5, 5.41) is 14.4. The highest BCUT2D eigenvalue weighted by Gasteiger charge is 2.15. The topological polar surface area (TPSA) is 55.2 Å². The minimum absolute atomic E-state index is 0.145. The smallest absolute Gasteiger partial charge is 0.283 e. The van der Waals surface area contributed by atoms with Gasteiger partial charge in [0.2, 0.25) is 0 Å². The molecule has 0 heterocycles. The summed E-state index contributed by atoms with van der Waals surface area (Å²) in [4.78, 5) is 10.5. The summed E-state index contributed by atoms with van der Waals surface area (Å²) in [5.74, 6) is 0. The quantitative estimate of drug-likeness (QED) is 0.578. The molecule has 1 aromatic rings. The van der Waals surface area contributed by atoms with E-state index in [1.165, 1.54) is 6.07 Å². The maximum atomic E-state index is 10.9. The lowest BCUT2D eigenvalue weighted by Crippen LogP contribution is -2.29. The molecule has 5 heteroatoms. The van der Waals surface area contributed by atoms with Crippen LogP contribution in [0.5, 0.6) is 0 Å². The van der Waals surface area contributed by atoms with Crippen LogP contribution in [0.25, 0.3) is 0 Å². The van der Waals surface area contributed by atoms with Crippen molar-refractivity contribution in [3.8, 4) is 0 Å². The normalized spacial score (nSPS) is 12.4. The third-order valence-electron chi connectivity index (χ3n) is 3.19. The predicted octanol–water partition coefficient (Wildman–Crippen LogP) is 4.07. The molecule has 0 bridgehead atoms. The second-order valence-corrected chi connectivity index (χ2v) is 5.40. The van der Waals surface area contributed by atoms with Gasteiger partial charge in [-0.05, 0) is 53.7 Å². The second-order valence-electron chi connectivity index (χ2n) is 4.61. The SMILES string of the molecule is CCCNC(CC)CCc1cccc([N+](=O)[O-])c1Br. The number of nitro benzene ring substituents is 1. The molecule has 4 nitrogen and oxygen atoms in total. The lowest BCUT2D eigenvalue weighted by molar-refractivity contribution is -0.385. The Balaban J connectivity index is 2.66. The van der Waals surface area contributed by atoms with Gasteiger partial charge in [0.05, 0.1) is 9.40 Å². The van der Waals surface area contributed by atoms with Gasteiger partial charge in [-0.3, -0.25) is 10.1 Å². The van der Waals surface area contributed by atoms with Gasteiger partial charge in [0, 0.05) is 12.1 Å². The van der Waals surface area contributed by atoms with Crippen LogP contribution in [0.2, 0.25) is 0 Å². The van der Waals surface area contributed by atoms with Crippen LogP contribution >= 0.6 is 15.9 Å². The molecule has 0 spiro atoms. The zero-order valence-electron chi connectivity index (χ0n) is 11.5. The number of nitrogens with one attached hydrogen (secondary N) is 1. The zero-order valence-corrected chi connectivity index (χ0v) is 13.1. The first kappa shape index (κ1) is 16.1. The Kier molecular flexibility index (Phi) is 7.02. The van der Waals surface area contributed by atoms with Gasteiger partial charge in [0.25, 0.3) is 5.69 Å². The minimum atomic E-state index is -0.347. The Morgan fingerprint density at radius 3 is 2.74 bits per heavy atom. The Hall–Kier alpha value is -0.940. The fourth-order valence-corrected chi connectivity index (χ4v) is 2.64. The third-order valence-corrected chi connectivity index (χ3v) is 4.11. The molecule has 19 heavy (non-hydrogen) atoms. The summed E-state index contributed by atoms with van der Waals surface area (Å²) in [7, 11) is 0. The Bertz CT molecular complexity index is 424. The summed E-state index contributed by atoms with van der Waals surface area (Å²) in [6.45, 7) is 5.33. The van der Waals surface area contributed by atoms with E-state index in [4.69, 9.17) is 0 Å². The molecule has 0 saturated carbocycles. The van der Waals surface area contributed by atoms with E-state index < -0.39 is 0 Å². The maximum absolute atomic E-state index is 10.9. The molecule has 1 N–H and O–H groups in total. The number of rotatable bonds is 8. The molecule has 0 aliphatic carbocycles. The van der Waals surface area contributed by atoms with Crippen LogP contribution in [0.1, 0.15) is 38.7 Å². The van der Waals surface area contributed by atoms with Crippen LogP contribution in [0.3, 0.4) is 0 Å². The largest absolute Gasteiger partial charge is 0.314 e. The Labute approximate surface area is 122 Å². The van der Waals surface area contributed by atoms with Crippen molar-refractivity contribution >= 4 is 21.6 Å². The predicted molar refractivity (Wildman–Crippen MR) is 81.5 cm³/mol. The Morgan fingerprint density at radius 1 is 1.42 bits per heavy atom. The van der Waals surface area contributed by atoms with E-state index >= 15 is 0 Å². The summed E-state index contributed by atoms with van der Waals surface area (Å²) in [5.41, 5.74) is 1.15. The first-order chi connectivity index (χ1) is 9.10. The number of hydrogen-bond donors (Lipinski definition) is 1. The van der Waals surface area contributed by atoms with E-state index in [1.54, 1.807) is 6.07 Å². The Morgan fingerprint density at radius 2 is 2.16 bits per heavy atom. The molecule has 1 unspecified atom stereocenters. The van der Waals surface area contributed by atoms with Crippen LogP contribution in [0.15, 0.2) is 22.7 Å². The molecule has 1 rings (SSSR count). The molecular weight excluding hydrogens is 308 g/mol. The molecule has 0 fully saturated rings. The van der Waals surface area contributed by atoms with Crippen LogP contribution in [-0.2, 0) is 6.42 Å². The van der Waals surface area contributed by atoms with Crippen LogP contribution < -0.4 is 5.32 Å². The molecule has 0 radical (unpaired) electrons. The van der Waals surface area contributed by atoms with E-state index in [-0.39, 0.29) is 10.6 Å². The van der Waals surface area contributed by atoms with Gasteiger partial charge in [0.15, 0.2) is 0 Å². The van der Waals surface area contributed by atoms with Gasteiger partial charge in [-0.2, -0.15) is 0 Å². The second kappa shape index (κ2) is 8.27. The summed E-state index contributed by atoms with van der Waals surface area (Å²) in [6.07, 6.45) is 4.04. The molecule has 0 aliphatic rings. The minimum Gasteiger partial charge on any atom is -0.314 e. The van der Waals surface area contributed by atoms with E-state index in [0.717, 1.165) is 37.8 Å². The van der Waals surface area contributed by atoms with Crippen molar-refractivity contribution in [2.45, 2.75) is 45.6 Å².